The number of para-hydroxylation sites is 1. The average molecular weight is 790 g/mol. The van der Waals surface area contributed by atoms with Gasteiger partial charge in [-0.2, -0.15) is 0 Å². The van der Waals surface area contributed by atoms with E-state index in [1.54, 1.807) is 0 Å². The first-order chi connectivity index (χ1) is 28.8. The van der Waals surface area contributed by atoms with Crippen LogP contribution in [-0.2, 0) is 5.41 Å². The van der Waals surface area contributed by atoms with Gasteiger partial charge in [-0.15, -0.1) is 0 Å². The number of ether oxygens (including phenoxy) is 1. The van der Waals surface area contributed by atoms with Crippen LogP contribution in [0.5, 0.6) is 11.5 Å². The third kappa shape index (κ3) is 6.88. The standard InChI is InChI=1S/C54H55N5O/c1-33(2)45-27-38(51-36(6)25-35(5)26-37(51)7)28-46(34(3)4)52(45)58-32-57(48-19-14-23-56-53(48)58)40-15-13-16-41(30-40)60-42-20-21-44-43-17-11-12-18-47(43)59(49(44)31-42)50-29-39(22-24-55-50)54(8,9)10/h11-31,33-34H,32H2,1-10H3. The number of aryl methyl sites for hydroxylation is 3. The van der Waals surface area contributed by atoms with E-state index in [0.717, 1.165) is 50.9 Å². The molecule has 0 saturated carbocycles. The quantitative estimate of drug-likeness (QED) is 0.153. The molecule has 302 valence electrons. The molecule has 60 heavy (non-hydrogen) atoms. The smallest absolute Gasteiger partial charge is 0.158 e. The predicted octanol–water partition coefficient (Wildman–Crippen LogP) is 14.7. The number of benzene rings is 5. The fraction of sp³-hybridized carbons (Fsp3) is 0.259. The van der Waals surface area contributed by atoms with Gasteiger partial charge in [-0.3, -0.25) is 4.57 Å². The molecule has 6 nitrogen and oxygen atoms in total. The third-order valence-electron chi connectivity index (χ3n) is 12.1. The number of hydrogen-bond acceptors (Lipinski definition) is 5. The van der Waals surface area contributed by atoms with Gasteiger partial charge in [0.15, 0.2) is 5.82 Å². The molecule has 0 bridgehead atoms. The summed E-state index contributed by atoms with van der Waals surface area (Å²) in [7, 11) is 0. The molecule has 3 aromatic heterocycles. The molecule has 0 fully saturated rings. The maximum Gasteiger partial charge on any atom is 0.158 e. The Morgan fingerprint density at radius 2 is 1.32 bits per heavy atom. The van der Waals surface area contributed by atoms with Gasteiger partial charge in [0.05, 0.1) is 22.4 Å². The summed E-state index contributed by atoms with van der Waals surface area (Å²) in [6.45, 7) is 23.3. The number of rotatable bonds is 8. The Morgan fingerprint density at radius 3 is 2.03 bits per heavy atom. The van der Waals surface area contributed by atoms with E-state index in [4.69, 9.17) is 14.7 Å². The van der Waals surface area contributed by atoms with Crippen molar-refractivity contribution in [1.29, 1.82) is 0 Å². The first-order valence-electron chi connectivity index (χ1n) is 21.3. The molecule has 6 heteroatoms. The van der Waals surface area contributed by atoms with Crippen LogP contribution in [0, 0.1) is 20.8 Å². The van der Waals surface area contributed by atoms with Gasteiger partial charge in [0, 0.05) is 41.0 Å². The minimum absolute atomic E-state index is 0.00314. The van der Waals surface area contributed by atoms with E-state index in [9.17, 15) is 0 Å². The highest BCUT2D eigenvalue weighted by Gasteiger charge is 2.33. The summed E-state index contributed by atoms with van der Waals surface area (Å²) < 4.78 is 9.01. The zero-order chi connectivity index (χ0) is 42.0. The molecular weight excluding hydrogens is 735 g/mol. The molecule has 0 saturated heterocycles. The normalized spacial score (nSPS) is 13.0. The van der Waals surface area contributed by atoms with E-state index in [2.05, 4.69) is 187 Å². The largest absolute Gasteiger partial charge is 0.457 e. The van der Waals surface area contributed by atoms with Crippen molar-refractivity contribution >= 4 is 44.7 Å². The molecule has 0 spiro atoms. The molecule has 9 rings (SSSR count). The Kier molecular flexibility index (Phi) is 9.78. The van der Waals surface area contributed by atoms with E-state index in [0.29, 0.717) is 18.5 Å². The van der Waals surface area contributed by atoms with Gasteiger partial charge in [-0.25, -0.2) is 9.97 Å². The number of nitrogens with zero attached hydrogens (tertiary/aromatic N) is 5. The minimum atomic E-state index is -0.00314. The zero-order valence-corrected chi connectivity index (χ0v) is 36.6. The van der Waals surface area contributed by atoms with Crippen LogP contribution >= 0.6 is 0 Å². The Bertz CT molecular complexity index is 2880. The van der Waals surface area contributed by atoms with Crippen molar-refractivity contribution in [2.24, 2.45) is 0 Å². The Balaban J connectivity index is 1.09. The summed E-state index contributed by atoms with van der Waals surface area (Å²) in [5.41, 5.74) is 16.0. The topological polar surface area (TPSA) is 46.4 Å². The average Bonchev–Trinajstić information content (AvgIpc) is 3.76. The summed E-state index contributed by atoms with van der Waals surface area (Å²) >= 11 is 0. The highest BCUT2D eigenvalue weighted by Crippen LogP contribution is 2.49. The fourth-order valence-corrected chi connectivity index (χ4v) is 9.26. The first kappa shape index (κ1) is 39.1. The van der Waals surface area contributed by atoms with Gasteiger partial charge in [0.2, 0.25) is 0 Å². The SMILES string of the molecule is Cc1cc(C)c(-c2cc(C(C)C)c(N3CN(c4cccc(Oc5ccc6c7ccccc7n(-c7cc(C(C)(C)C)ccn7)c6c5)c4)c4cccnc43)c(C(C)C)c2)c(C)c1. The molecule has 8 aromatic rings. The van der Waals surface area contributed by atoms with E-state index in [1.165, 1.54) is 55.6 Å². The number of anilines is 4. The molecule has 0 unspecified atom stereocenters. The van der Waals surface area contributed by atoms with Crippen LogP contribution in [0.15, 0.2) is 128 Å². The van der Waals surface area contributed by atoms with Gasteiger partial charge < -0.3 is 14.5 Å². The van der Waals surface area contributed by atoms with Crippen LogP contribution in [0.1, 0.15) is 93.7 Å². The maximum atomic E-state index is 6.74. The van der Waals surface area contributed by atoms with Gasteiger partial charge in [0.25, 0.3) is 0 Å². The van der Waals surface area contributed by atoms with Crippen molar-refractivity contribution in [3.05, 3.63) is 161 Å². The lowest BCUT2D eigenvalue weighted by atomic mass is 9.85. The summed E-state index contributed by atoms with van der Waals surface area (Å²) in [6, 6.07) is 41.4. The van der Waals surface area contributed by atoms with Gasteiger partial charge in [0.1, 0.15) is 24.0 Å². The number of aromatic nitrogens is 3. The molecule has 0 atom stereocenters. The lowest BCUT2D eigenvalue weighted by Crippen LogP contribution is -2.26. The lowest BCUT2D eigenvalue weighted by Gasteiger charge is -2.30. The molecule has 1 aliphatic rings. The molecule has 4 heterocycles. The van der Waals surface area contributed by atoms with Crippen LogP contribution < -0.4 is 14.5 Å². The van der Waals surface area contributed by atoms with E-state index in [-0.39, 0.29) is 5.41 Å². The molecule has 0 radical (unpaired) electrons. The van der Waals surface area contributed by atoms with Crippen molar-refractivity contribution < 1.29 is 4.74 Å². The summed E-state index contributed by atoms with van der Waals surface area (Å²) in [4.78, 5) is 14.7. The van der Waals surface area contributed by atoms with Crippen LogP contribution in [-0.4, -0.2) is 21.2 Å². The van der Waals surface area contributed by atoms with Crippen LogP contribution in [0.2, 0.25) is 0 Å². The van der Waals surface area contributed by atoms with Crippen molar-refractivity contribution in [2.75, 3.05) is 16.5 Å². The highest BCUT2D eigenvalue weighted by molar-refractivity contribution is 6.09. The second-order valence-electron chi connectivity index (χ2n) is 18.2. The van der Waals surface area contributed by atoms with Gasteiger partial charge >= 0.3 is 0 Å². The molecule has 0 N–H and O–H groups in total. The van der Waals surface area contributed by atoms with Crippen LogP contribution in [0.4, 0.5) is 22.9 Å². The monoisotopic (exact) mass is 789 g/mol. The lowest BCUT2D eigenvalue weighted by molar-refractivity contribution is 0.483. The van der Waals surface area contributed by atoms with E-state index in [1.807, 2.05) is 24.5 Å². The van der Waals surface area contributed by atoms with Gasteiger partial charge in [-0.05, 0) is 144 Å². The summed E-state index contributed by atoms with van der Waals surface area (Å²) in [5, 5.41) is 2.35. The van der Waals surface area contributed by atoms with Crippen LogP contribution in [0.25, 0.3) is 38.8 Å². The molecule has 0 amide bonds. The fourth-order valence-electron chi connectivity index (χ4n) is 9.26. The maximum absolute atomic E-state index is 6.74. The summed E-state index contributed by atoms with van der Waals surface area (Å²) in [6.07, 6.45) is 3.83. The Labute approximate surface area is 355 Å². The second kappa shape index (κ2) is 15.0. The van der Waals surface area contributed by atoms with E-state index >= 15 is 0 Å². The number of pyridine rings is 2. The van der Waals surface area contributed by atoms with Gasteiger partial charge in [-0.1, -0.05) is 90.4 Å². The molecule has 0 aliphatic carbocycles. The third-order valence-corrected chi connectivity index (χ3v) is 12.1. The Morgan fingerprint density at radius 1 is 0.617 bits per heavy atom. The molecular formula is C54H55N5O. The predicted molar refractivity (Wildman–Crippen MR) is 251 cm³/mol. The molecule has 1 aliphatic heterocycles. The first-order valence-corrected chi connectivity index (χ1v) is 21.3. The number of hydrogen-bond donors (Lipinski definition) is 0. The minimum Gasteiger partial charge on any atom is -0.457 e. The highest BCUT2D eigenvalue weighted by atomic mass is 16.5. The Hall–Kier alpha value is -6.40. The summed E-state index contributed by atoms with van der Waals surface area (Å²) in [5.74, 6) is 4.00. The second-order valence-corrected chi connectivity index (χ2v) is 18.2. The van der Waals surface area contributed by atoms with Crippen LogP contribution in [0.3, 0.4) is 0 Å². The van der Waals surface area contributed by atoms with Crippen molar-refractivity contribution in [1.82, 2.24) is 14.5 Å². The van der Waals surface area contributed by atoms with Crippen molar-refractivity contribution in [3.63, 3.8) is 0 Å². The van der Waals surface area contributed by atoms with Crippen molar-refractivity contribution in [3.8, 4) is 28.4 Å². The number of fused-ring (bicyclic) bond motifs is 4. The van der Waals surface area contributed by atoms with Crippen molar-refractivity contribution in [2.45, 2.75) is 86.5 Å². The molecule has 5 aromatic carbocycles. The van der Waals surface area contributed by atoms with E-state index < -0.39 is 0 Å². The zero-order valence-electron chi connectivity index (χ0n) is 36.6.